The Morgan fingerprint density at radius 1 is 1.17 bits per heavy atom. The van der Waals surface area contributed by atoms with Gasteiger partial charge in [0.15, 0.2) is 5.96 Å². The Morgan fingerprint density at radius 3 is 2.48 bits per heavy atom. The zero-order chi connectivity index (χ0) is 17.1. The lowest BCUT2D eigenvalue weighted by atomic mass is 10.1. The minimum Gasteiger partial charge on any atom is -0.494 e. The van der Waals surface area contributed by atoms with Crippen molar-refractivity contribution in [2.45, 2.75) is 32.7 Å². The first kappa shape index (κ1) is 19.3. The fraction of sp³-hybridized carbons (Fsp3) is 0.611. The molecular weight excluding hydrogens is 288 g/mol. The van der Waals surface area contributed by atoms with Crippen LogP contribution in [-0.2, 0) is 0 Å². The highest BCUT2D eigenvalue weighted by molar-refractivity contribution is 5.79. The van der Waals surface area contributed by atoms with Crippen LogP contribution in [0.4, 0.5) is 0 Å². The van der Waals surface area contributed by atoms with Crippen molar-refractivity contribution < 1.29 is 4.74 Å². The highest BCUT2D eigenvalue weighted by Gasteiger charge is 2.19. The van der Waals surface area contributed by atoms with Crippen LogP contribution in [0.5, 0.6) is 5.75 Å². The zero-order valence-electron chi connectivity index (χ0n) is 15.2. The number of likely N-dealkylation sites (N-methyl/N-ethyl adjacent to an activating group) is 1. The van der Waals surface area contributed by atoms with Gasteiger partial charge in [-0.25, -0.2) is 0 Å². The highest BCUT2D eigenvalue weighted by atomic mass is 16.5. The van der Waals surface area contributed by atoms with Crippen molar-refractivity contribution in [3.05, 3.63) is 30.3 Å². The van der Waals surface area contributed by atoms with Crippen molar-refractivity contribution >= 4 is 5.96 Å². The van der Waals surface area contributed by atoms with Crippen molar-refractivity contribution in [2.75, 3.05) is 40.3 Å². The Bertz CT molecular complexity index is 457. The molecule has 0 fully saturated rings. The predicted octanol–water partition coefficient (Wildman–Crippen LogP) is 2.35. The number of ether oxygens (including phenoxy) is 1. The van der Waals surface area contributed by atoms with Gasteiger partial charge in [-0.1, -0.05) is 18.2 Å². The average Bonchev–Trinajstić information content (AvgIpc) is 2.53. The summed E-state index contributed by atoms with van der Waals surface area (Å²) in [7, 11) is 4.16. The van der Waals surface area contributed by atoms with Gasteiger partial charge >= 0.3 is 0 Å². The highest BCUT2D eigenvalue weighted by Crippen LogP contribution is 2.10. The molecule has 0 spiro atoms. The fourth-order valence-corrected chi connectivity index (χ4v) is 1.74. The van der Waals surface area contributed by atoms with Crippen LogP contribution in [0.15, 0.2) is 35.3 Å². The Morgan fingerprint density at radius 2 is 1.87 bits per heavy atom. The lowest BCUT2D eigenvalue weighted by molar-refractivity contribution is 0.204. The van der Waals surface area contributed by atoms with Crippen LogP contribution in [0.25, 0.3) is 0 Å². The quantitative estimate of drug-likeness (QED) is 0.417. The van der Waals surface area contributed by atoms with Gasteiger partial charge in [-0.2, -0.15) is 0 Å². The van der Waals surface area contributed by atoms with E-state index in [9.17, 15) is 0 Å². The molecule has 0 unspecified atom stereocenters. The summed E-state index contributed by atoms with van der Waals surface area (Å²) in [4.78, 5) is 6.86. The summed E-state index contributed by atoms with van der Waals surface area (Å²) in [6.45, 7) is 9.58. The second-order valence-corrected chi connectivity index (χ2v) is 6.34. The number of para-hydroxylation sites is 1. The maximum Gasteiger partial charge on any atom is 0.191 e. The van der Waals surface area contributed by atoms with Crippen molar-refractivity contribution in [3.63, 3.8) is 0 Å². The number of guanidine groups is 1. The van der Waals surface area contributed by atoms with Crippen LogP contribution in [0, 0.1) is 0 Å². The summed E-state index contributed by atoms with van der Waals surface area (Å²) in [6.07, 6.45) is 0.927. The molecule has 5 heteroatoms. The standard InChI is InChI=1S/C18H32N4O/c1-6-19-17(21-15-18(2,3)22(4)5)20-13-10-14-23-16-11-8-7-9-12-16/h7-9,11-12H,6,10,13-15H2,1-5H3,(H2,19,20,21). The lowest BCUT2D eigenvalue weighted by Crippen LogP contribution is -2.44. The van der Waals surface area contributed by atoms with E-state index in [4.69, 9.17) is 4.74 Å². The third-order valence-corrected chi connectivity index (χ3v) is 3.80. The molecule has 1 aromatic carbocycles. The molecule has 0 amide bonds. The first-order chi connectivity index (χ1) is 11.0. The molecule has 130 valence electrons. The SMILES string of the molecule is CCNC(=NCC(C)(C)N(C)C)NCCCOc1ccccc1. The number of hydrogen-bond donors (Lipinski definition) is 2. The number of aliphatic imine (C=N–C) groups is 1. The molecule has 5 nitrogen and oxygen atoms in total. The molecule has 23 heavy (non-hydrogen) atoms. The smallest absolute Gasteiger partial charge is 0.191 e. The minimum absolute atomic E-state index is 0.0404. The average molecular weight is 320 g/mol. The zero-order valence-corrected chi connectivity index (χ0v) is 15.2. The van der Waals surface area contributed by atoms with E-state index in [1.807, 2.05) is 30.3 Å². The Hall–Kier alpha value is -1.75. The van der Waals surface area contributed by atoms with E-state index in [0.717, 1.165) is 37.8 Å². The molecule has 0 saturated carbocycles. The van der Waals surface area contributed by atoms with E-state index in [0.29, 0.717) is 6.61 Å². The minimum atomic E-state index is 0.0404. The second kappa shape index (κ2) is 10.1. The van der Waals surface area contributed by atoms with Crippen LogP contribution in [0.2, 0.25) is 0 Å². The summed E-state index contributed by atoms with van der Waals surface area (Å²) in [6, 6.07) is 9.90. The van der Waals surface area contributed by atoms with Crippen LogP contribution in [0.1, 0.15) is 27.2 Å². The fourth-order valence-electron chi connectivity index (χ4n) is 1.74. The van der Waals surface area contributed by atoms with Gasteiger partial charge in [0.2, 0.25) is 0 Å². The van der Waals surface area contributed by atoms with Crippen LogP contribution >= 0.6 is 0 Å². The largest absolute Gasteiger partial charge is 0.494 e. The van der Waals surface area contributed by atoms with Crippen molar-refractivity contribution in [3.8, 4) is 5.75 Å². The molecule has 0 aliphatic rings. The molecule has 0 saturated heterocycles. The maximum absolute atomic E-state index is 5.69. The molecule has 0 radical (unpaired) electrons. The van der Waals surface area contributed by atoms with Crippen LogP contribution in [-0.4, -0.2) is 56.7 Å². The first-order valence-corrected chi connectivity index (χ1v) is 8.33. The number of nitrogens with one attached hydrogen (secondary N) is 2. The van der Waals surface area contributed by atoms with Crippen molar-refractivity contribution in [1.29, 1.82) is 0 Å². The molecule has 0 aliphatic carbocycles. The van der Waals surface area contributed by atoms with Crippen molar-refractivity contribution in [1.82, 2.24) is 15.5 Å². The Kier molecular flexibility index (Phi) is 8.48. The van der Waals surface area contributed by atoms with E-state index in [1.54, 1.807) is 0 Å². The third-order valence-electron chi connectivity index (χ3n) is 3.80. The van der Waals surface area contributed by atoms with Gasteiger partial charge in [0, 0.05) is 18.6 Å². The number of hydrogen-bond acceptors (Lipinski definition) is 3. The monoisotopic (exact) mass is 320 g/mol. The third kappa shape index (κ3) is 7.88. The Labute approximate surface area is 141 Å². The molecule has 1 aromatic rings. The maximum atomic E-state index is 5.69. The molecule has 2 N–H and O–H groups in total. The van der Waals surface area contributed by atoms with E-state index in [1.165, 1.54) is 0 Å². The molecule has 0 aromatic heterocycles. The normalized spacial score (nSPS) is 12.3. The van der Waals surface area contributed by atoms with Gasteiger partial charge in [0.1, 0.15) is 5.75 Å². The van der Waals surface area contributed by atoms with Gasteiger partial charge in [-0.3, -0.25) is 4.99 Å². The first-order valence-electron chi connectivity index (χ1n) is 8.33. The van der Waals surface area contributed by atoms with Crippen molar-refractivity contribution in [2.24, 2.45) is 4.99 Å². The van der Waals surface area contributed by atoms with Gasteiger partial charge in [-0.05, 0) is 53.4 Å². The van der Waals surface area contributed by atoms with Crippen LogP contribution < -0.4 is 15.4 Å². The van der Waals surface area contributed by atoms with Gasteiger partial charge in [0.25, 0.3) is 0 Å². The van der Waals surface area contributed by atoms with E-state index in [2.05, 4.69) is 55.4 Å². The number of benzene rings is 1. The van der Waals surface area contributed by atoms with Gasteiger partial charge < -0.3 is 20.3 Å². The molecule has 0 atom stereocenters. The number of nitrogens with zero attached hydrogens (tertiary/aromatic N) is 2. The molecule has 0 bridgehead atoms. The summed E-state index contributed by atoms with van der Waals surface area (Å²) in [5.74, 6) is 1.78. The molecule has 1 rings (SSSR count). The predicted molar refractivity (Wildman–Crippen MR) is 98.3 cm³/mol. The molecule has 0 heterocycles. The summed E-state index contributed by atoms with van der Waals surface area (Å²) < 4.78 is 5.69. The lowest BCUT2D eigenvalue weighted by Gasteiger charge is -2.31. The summed E-state index contributed by atoms with van der Waals surface area (Å²) in [5.41, 5.74) is 0.0404. The number of rotatable bonds is 9. The molecule has 0 aliphatic heterocycles. The summed E-state index contributed by atoms with van der Waals surface area (Å²) >= 11 is 0. The second-order valence-electron chi connectivity index (χ2n) is 6.34. The summed E-state index contributed by atoms with van der Waals surface area (Å²) in [5, 5.41) is 6.64. The van der Waals surface area contributed by atoms with E-state index < -0.39 is 0 Å². The van der Waals surface area contributed by atoms with E-state index in [-0.39, 0.29) is 5.54 Å². The molecular formula is C18H32N4O. The van der Waals surface area contributed by atoms with E-state index >= 15 is 0 Å². The van der Waals surface area contributed by atoms with Gasteiger partial charge in [0.05, 0.1) is 13.2 Å². The van der Waals surface area contributed by atoms with Crippen LogP contribution in [0.3, 0.4) is 0 Å². The topological polar surface area (TPSA) is 48.9 Å². The Balaban J connectivity index is 2.32. The van der Waals surface area contributed by atoms with Gasteiger partial charge in [-0.15, -0.1) is 0 Å².